The normalized spacial score (nSPS) is 11.9. The standard InChI is InChI=1S/C9H16INO3/c1-3-4-5-8(14-7(2)12)6-9(13)11-10/h8H,3-6H2,1-2H3,(H,11,13). The van der Waals surface area contributed by atoms with E-state index in [1.807, 2.05) is 0 Å². The number of ether oxygens (including phenoxy) is 1. The van der Waals surface area contributed by atoms with Gasteiger partial charge in [0.05, 0.1) is 29.3 Å². The molecule has 0 radical (unpaired) electrons. The highest BCUT2D eigenvalue weighted by atomic mass is 127. The van der Waals surface area contributed by atoms with Crippen molar-refractivity contribution in [3.63, 3.8) is 0 Å². The Morgan fingerprint density at radius 3 is 2.57 bits per heavy atom. The van der Waals surface area contributed by atoms with E-state index in [9.17, 15) is 9.59 Å². The van der Waals surface area contributed by atoms with Crippen LogP contribution < -0.4 is 3.53 Å². The second-order valence-corrected chi connectivity index (χ2v) is 3.63. The van der Waals surface area contributed by atoms with Gasteiger partial charge in [-0.25, -0.2) is 0 Å². The van der Waals surface area contributed by atoms with Gasteiger partial charge in [0.2, 0.25) is 5.91 Å². The molecule has 0 aliphatic heterocycles. The Morgan fingerprint density at radius 1 is 1.50 bits per heavy atom. The minimum atomic E-state index is -0.327. The van der Waals surface area contributed by atoms with Crippen LogP contribution in [0.5, 0.6) is 0 Å². The molecule has 0 fully saturated rings. The van der Waals surface area contributed by atoms with Crippen LogP contribution >= 0.6 is 22.9 Å². The summed E-state index contributed by atoms with van der Waals surface area (Å²) in [7, 11) is 0. The van der Waals surface area contributed by atoms with E-state index < -0.39 is 0 Å². The summed E-state index contributed by atoms with van der Waals surface area (Å²) in [6, 6.07) is 0. The summed E-state index contributed by atoms with van der Waals surface area (Å²) in [5.74, 6) is -0.430. The molecule has 0 aromatic carbocycles. The van der Waals surface area contributed by atoms with Crippen LogP contribution in [0.15, 0.2) is 0 Å². The van der Waals surface area contributed by atoms with Crippen molar-refractivity contribution in [2.45, 2.75) is 45.6 Å². The Labute approximate surface area is 98.3 Å². The minimum Gasteiger partial charge on any atom is -0.462 e. The molecule has 0 saturated heterocycles. The molecule has 5 heteroatoms. The second kappa shape index (κ2) is 8.02. The summed E-state index contributed by atoms with van der Waals surface area (Å²) in [4.78, 5) is 21.8. The van der Waals surface area contributed by atoms with Gasteiger partial charge in [-0.15, -0.1) is 0 Å². The molecule has 1 N–H and O–H groups in total. The Hall–Kier alpha value is -0.330. The molecule has 82 valence electrons. The maximum absolute atomic E-state index is 11.1. The average molecular weight is 313 g/mol. The van der Waals surface area contributed by atoms with Crippen molar-refractivity contribution in [1.29, 1.82) is 0 Å². The van der Waals surface area contributed by atoms with Gasteiger partial charge in [-0.2, -0.15) is 0 Å². The summed E-state index contributed by atoms with van der Waals surface area (Å²) in [5, 5.41) is 0. The molecule has 1 amide bonds. The van der Waals surface area contributed by atoms with Gasteiger partial charge >= 0.3 is 5.97 Å². The zero-order valence-electron chi connectivity index (χ0n) is 8.51. The third-order valence-corrected chi connectivity index (χ3v) is 2.33. The Bertz CT molecular complexity index is 196. The molecule has 0 spiro atoms. The third-order valence-electron chi connectivity index (χ3n) is 1.73. The van der Waals surface area contributed by atoms with E-state index in [0.717, 1.165) is 19.3 Å². The third kappa shape index (κ3) is 7.11. The van der Waals surface area contributed by atoms with Gasteiger partial charge in [0, 0.05) is 6.92 Å². The van der Waals surface area contributed by atoms with Crippen LogP contribution in [0.4, 0.5) is 0 Å². The molecule has 0 aliphatic carbocycles. The lowest BCUT2D eigenvalue weighted by Gasteiger charge is -2.15. The molecule has 0 saturated carbocycles. The highest BCUT2D eigenvalue weighted by Gasteiger charge is 2.15. The fourth-order valence-electron chi connectivity index (χ4n) is 1.11. The maximum atomic E-state index is 11.1. The number of amides is 1. The molecule has 0 heterocycles. The van der Waals surface area contributed by atoms with Gasteiger partial charge in [0.25, 0.3) is 0 Å². The van der Waals surface area contributed by atoms with Crippen molar-refractivity contribution < 1.29 is 14.3 Å². The molecule has 0 bridgehead atoms. The number of hydrogen-bond donors (Lipinski definition) is 1. The van der Waals surface area contributed by atoms with Crippen LogP contribution in [-0.4, -0.2) is 18.0 Å². The lowest BCUT2D eigenvalue weighted by molar-refractivity contribution is -0.147. The highest BCUT2D eigenvalue weighted by molar-refractivity contribution is 14.1. The molecule has 0 aliphatic rings. The van der Waals surface area contributed by atoms with E-state index in [4.69, 9.17) is 4.74 Å². The fourth-order valence-corrected chi connectivity index (χ4v) is 1.33. The van der Waals surface area contributed by atoms with Gasteiger partial charge in [-0.1, -0.05) is 19.8 Å². The first kappa shape index (κ1) is 13.7. The first-order valence-corrected chi connectivity index (χ1v) is 5.74. The Kier molecular flexibility index (Phi) is 7.83. The predicted molar refractivity (Wildman–Crippen MR) is 61.9 cm³/mol. The molecule has 0 aromatic rings. The van der Waals surface area contributed by atoms with E-state index in [0.29, 0.717) is 0 Å². The Balaban J connectivity index is 3.96. The van der Waals surface area contributed by atoms with Crippen molar-refractivity contribution in [3.05, 3.63) is 0 Å². The van der Waals surface area contributed by atoms with Crippen molar-refractivity contribution >= 4 is 34.7 Å². The van der Waals surface area contributed by atoms with Crippen molar-refractivity contribution in [2.24, 2.45) is 0 Å². The fraction of sp³-hybridized carbons (Fsp3) is 0.778. The first-order valence-electron chi connectivity index (χ1n) is 4.66. The molecule has 1 unspecified atom stereocenters. The van der Waals surface area contributed by atoms with Gasteiger partial charge in [0.15, 0.2) is 0 Å². The number of carbonyl (C=O) groups excluding carboxylic acids is 2. The van der Waals surface area contributed by atoms with Crippen molar-refractivity contribution in [2.75, 3.05) is 0 Å². The van der Waals surface area contributed by atoms with Gasteiger partial charge in [0.1, 0.15) is 6.10 Å². The largest absolute Gasteiger partial charge is 0.462 e. The molecule has 1 atom stereocenters. The SMILES string of the molecule is CCCCC(CC(=O)NI)OC(C)=O. The maximum Gasteiger partial charge on any atom is 0.302 e. The zero-order chi connectivity index (χ0) is 11.0. The lowest BCUT2D eigenvalue weighted by Crippen LogP contribution is -2.24. The monoisotopic (exact) mass is 313 g/mol. The van der Waals surface area contributed by atoms with Gasteiger partial charge < -0.3 is 4.74 Å². The van der Waals surface area contributed by atoms with E-state index in [2.05, 4.69) is 10.5 Å². The van der Waals surface area contributed by atoms with E-state index in [1.165, 1.54) is 6.92 Å². The predicted octanol–water partition coefficient (Wildman–Crippen LogP) is 1.96. The number of hydrogen-bond acceptors (Lipinski definition) is 3. The van der Waals surface area contributed by atoms with Crippen LogP contribution in [0.2, 0.25) is 0 Å². The number of unbranched alkanes of at least 4 members (excludes halogenated alkanes) is 1. The van der Waals surface area contributed by atoms with Crippen LogP contribution in [0.1, 0.15) is 39.5 Å². The first-order chi connectivity index (χ1) is 6.60. The Morgan fingerprint density at radius 2 is 2.14 bits per heavy atom. The van der Waals surface area contributed by atoms with E-state index >= 15 is 0 Å². The zero-order valence-corrected chi connectivity index (χ0v) is 10.7. The lowest BCUT2D eigenvalue weighted by atomic mass is 10.1. The molecule has 14 heavy (non-hydrogen) atoms. The number of rotatable bonds is 6. The minimum absolute atomic E-state index is 0.104. The summed E-state index contributed by atoms with van der Waals surface area (Å²) in [6.45, 7) is 3.42. The number of carbonyl (C=O) groups is 2. The van der Waals surface area contributed by atoms with Crippen LogP contribution in [-0.2, 0) is 14.3 Å². The topological polar surface area (TPSA) is 55.4 Å². The number of nitrogens with one attached hydrogen (secondary N) is 1. The molecule has 4 nitrogen and oxygen atoms in total. The van der Waals surface area contributed by atoms with E-state index in [-0.39, 0.29) is 24.4 Å². The van der Waals surface area contributed by atoms with E-state index in [1.54, 1.807) is 22.9 Å². The number of halogens is 1. The molecule has 0 rings (SSSR count). The summed E-state index contributed by atoms with van der Waals surface area (Å²) < 4.78 is 7.51. The second-order valence-electron chi connectivity index (χ2n) is 3.10. The van der Waals surface area contributed by atoms with Crippen LogP contribution in [0, 0.1) is 0 Å². The van der Waals surface area contributed by atoms with Crippen LogP contribution in [0.3, 0.4) is 0 Å². The van der Waals surface area contributed by atoms with Crippen molar-refractivity contribution in [1.82, 2.24) is 3.53 Å². The van der Waals surface area contributed by atoms with Crippen molar-refractivity contribution in [3.8, 4) is 0 Å². The van der Waals surface area contributed by atoms with Gasteiger partial charge in [-0.05, 0) is 6.42 Å². The smallest absolute Gasteiger partial charge is 0.302 e. The van der Waals surface area contributed by atoms with Gasteiger partial charge in [-0.3, -0.25) is 13.1 Å². The summed E-state index contributed by atoms with van der Waals surface area (Å²) in [6.07, 6.45) is 2.72. The molecular formula is C9H16INO3. The summed E-state index contributed by atoms with van der Waals surface area (Å²) in [5.41, 5.74) is 0. The van der Waals surface area contributed by atoms with Crippen LogP contribution in [0.25, 0.3) is 0 Å². The molecular weight excluding hydrogens is 297 g/mol. The number of esters is 1. The molecule has 0 aromatic heterocycles. The highest BCUT2D eigenvalue weighted by Crippen LogP contribution is 2.09. The quantitative estimate of drug-likeness (QED) is 0.463. The summed E-state index contributed by atoms with van der Waals surface area (Å²) >= 11 is 1.78. The average Bonchev–Trinajstić information content (AvgIpc) is 2.13.